The van der Waals surface area contributed by atoms with Gasteiger partial charge < -0.3 is 14.6 Å². The third-order valence-electron chi connectivity index (χ3n) is 3.16. The van der Waals surface area contributed by atoms with E-state index < -0.39 is 21.4 Å². The van der Waals surface area contributed by atoms with E-state index >= 15 is 0 Å². The number of aliphatic hydroxyl groups excluding tert-OH is 1. The SMILES string of the molecule is O=S1(=O)CCCCC1C1OCC(CCO)O1. The number of ether oxygens (including phenoxy) is 2. The van der Waals surface area contributed by atoms with Crippen molar-refractivity contribution in [2.75, 3.05) is 19.0 Å². The molecule has 94 valence electrons. The highest BCUT2D eigenvalue weighted by molar-refractivity contribution is 7.92. The highest BCUT2D eigenvalue weighted by Gasteiger charge is 2.41. The lowest BCUT2D eigenvalue weighted by atomic mass is 10.2. The molecule has 0 amide bonds. The van der Waals surface area contributed by atoms with Crippen LogP contribution < -0.4 is 0 Å². The van der Waals surface area contributed by atoms with E-state index in [1.54, 1.807) is 0 Å². The van der Waals surface area contributed by atoms with Gasteiger partial charge in [0.05, 0.1) is 18.5 Å². The Labute approximate surface area is 95.7 Å². The van der Waals surface area contributed by atoms with E-state index in [-0.39, 0.29) is 18.5 Å². The van der Waals surface area contributed by atoms with Crippen LogP contribution in [0.5, 0.6) is 0 Å². The van der Waals surface area contributed by atoms with Crippen molar-refractivity contribution in [3.63, 3.8) is 0 Å². The predicted octanol–water partition coefficient (Wildman–Crippen LogP) is 0.0776. The summed E-state index contributed by atoms with van der Waals surface area (Å²) in [6.07, 6.45) is 2.00. The molecule has 0 aromatic carbocycles. The van der Waals surface area contributed by atoms with Crippen molar-refractivity contribution >= 4 is 9.84 Å². The van der Waals surface area contributed by atoms with Crippen molar-refractivity contribution < 1.29 is 23.0 Å². The summed E-state index contributed by atoms with van der Waals surface area (Å²) in [5, 5.41) is 8.26. The third-order valence-corrected chi connectivity index (χ3v) is 5.39. The van der Waals surface area contributed by atoms with Crippen LogP contribution >= 0.6 is 0 Å². The molecule has 0 aromatic heterocycles. The van der Waals surface area contributed by atoms with Gasteiger partial charge >= 0.3 is 0 Å². The van der Waals surface area contributed by atoms with Gasteiger partial charge in [-0.25, -0.2) is 8.42 Å². The van der Waals surface area contributed by atoms with Crippen LogP contribution in [0, 0.1) is 0 Å². The normalized spacial score (nSPS) is 38.7. The molecule has 2 aliphatic heterocycles. The Morgan fingerprint density at radius 3 is 2.81 bits per heavy atom. The standard InChI is InChI=1S/C10H18O5S/c11-5-4-8-7-14-10(15-8)9-3-1-2-6-16(9,12)13/h8-11H,1-7H2. The molecular weight excluding hydrogens is 232 g/mol. The van der Waals surface area contributed by atoms with Crippen LogP contribution in [0.1, 0.15) is 25.7 Å². The van der Waals surface area contributed by atoms with E-state index in [2.05, 4.69) is 0 Å². The highest BCUT2D eigenvalue weighted by atomic mass is 32.2. The molecule has 6 heteroatoms. The summed E-state index contributed by atoms with van der Waals surface area (Å²) >= 11 is 0. The van der Waals surface area contributed by atoms with Gasteiger partial charge in [-0.05, 0) is 19.3 Å². The van der Waals surface area contributed by atoms with Crippen molar-refractivity contribution in [1.82, 2.24) is 0 Å². The molecule has 0 saturated carbocycles. The average Bonchev–Trinajstić information content (AvgIpc) is 2.66. The summed E-state index contributed by atoms with van der Waals surface area (Å²) < 4.78 is 34.5. The van der Waals surface area contributed by atoms with Crippen molar-refractivity contribution in [2.45, 2.75) is 43.3 Å². The van der Waals surface area contributed by atoms with Gasteiger partial charge in [-0.3, -0.25) is 0 Å². The highest BCUT2D eigenvalue weighted by Crippen LogP contribution is 2.28. The maximum atomic E-state index is 11.8. The zero-order valence-electron chi connectivity index (χ0n) is 9.17. The van der Waals surface area contributed by atoms with Crippen LogP contribution in [0.3, 0.4) is 0 Å². The second-order valence-corrected chi connectivity index (χ2v) is 6.71. The van der Waals surface area contributed by atoms with E-state index in [0.29, 0.717) is 19.4 Å². The number of aliphatic hydroxyl groups is 1. The summed E-state index contributed by atoms with van der Waals surface area (Å²) in [5.74, 6) is 0.242. The Kier molecular flexibility index (Phi) is 3.84. The number of hydrogen-bond donors (Lipinski definition) is 1. The van der Waals surface area contributed by atoms with Gasteiger partial charge in [-0.15, -0.1) is 0 Å². The Balaban J connectivity index is 1.97. The Morgan fingerprint density at radius 1 is 1.31 bits per heavy atom. The summed E-state index contributed by atoms with van der Waals surface area (Å²) in [5.41, 5.74) is 0. The van der Waals surface area contributed by atoms with Gasteiger partial charge in [0.2, 0.25) is 0 Å². The maximum absolute atomic E-state index is 11.8. The molecule has 5 nitrogen and oxygen atoms in total. The van der Waals surface area contributed by atoms with Crippen LogP contribution in [0.15, 0.2) is 0 Å². The van der Waals surface area contributed by atoms with Crippen molar-refractivity contribution in [1.29, 1.82) is 0 Å². The van der Waals surface area contributed by atoms with Crippen LogP contribution in [0.2, 0.25) is 0 Å². The van der Waals surface area contributed by atoms with E-state index in [9.17, 15) is 8.42 Å². The van der Waals surface area contributed by atoms with E-state index in [0.717, 1.165) is 12.8 Å². The molecule has 0 bridgehead atoms. The fraction of sp³-hybridized carbons (Fsp3) is 1.00. The first-order valence-corrected chi connectivity index (χ1v) is 7.44. The summed E-state index contributed by atoms with van der Waals surface area (Å²) in [4.78, 5) is 0. The fourth-order valence-corrected chi connectivity index (χ4v) is 4.16. The maximum Gasteiger partial charge on any atom is 0.174 e. The molecule has 3 unspecified atom stereocenters. The van der Waals surface area contributed by atoms with Gasteiger partial charge in [-0.2, -0.15) is 0 Å². The Morgan fingerprint density at radius 2 is 2.12 bits per heavy atom. The minimum Gasteiger partial charge on any atom is -0.396 e. The van der Waals surface area contributed by atoms with Gasteiger partial charge in [0.1, 0.15) is 5.25 Å². The summed E-state index contributed by atoms with van der Waals surface area (Å²) in [6, 6.07) is 0. The van der Waals surface area contributed by atoms with Crippen LogP contribution in [-0.4, -0.2) is 50.1 Å². The fourth-order valence-electron chi connectivity index (χ4n) is 2.25. The van der Waals surface area contributed by atoms with Crippen LogP contribution in [0.25, 0.3) is 0 Å². The largest absolute Gasteiger partial charge is 0.396 e. The first-order valence-electron chi connectivity index (χ1n) is 5.73. The van der Waals surface area contributed by atoms with Crippen LogP contribution in [-0.2, 0) is 19.3 Å². The number of sulfone groups is 1. The van der Waals surface area contributed by atoms with E-state index in [4.69, 9.17) is 14.6 Å². The smallest absolute Gasteiger partial charge is 0.174 e. The molecule has 2 aliphatic rings. The van der Waals surface area contributed by atoms with Crippen molar-refractivity contribution in [3.8, 4) is 0 Å². The third kappa shape index (κ3) is 2.56. The number of rotatable bonds is 3. The van der Waals surface area contributed by atoms with Crippen molar-refractivity contribution in [3.05, 3.63) is 0 Å². The van der Waals surface area contributed by atoms with Gasteiger partial charge in [-0.1, -0.05) is 6.42 Å². The molecule has 16 heavy (non-hydrogen) atoms. The lowest BCUT2D eigenvalue weighted by molar-refractivity contribution is -0.0632. The molecule has 3 atom stereocenters. The zero-order chi connectivity index (χ0) is 11.6. The van der Waals surface area contributed by atoms with Gasteiger partial charge in [0, 0.05) is 6.61 Å². The van der Waals surface area contributed by atoms with Crippen molar-refractivity contribution in [2.24, 2.45) is 0 Å². The van der Waals surface area contributed by atoms with Crippen LogP contribution in [0.4, 0.5) is 0 Å². The Hall–Kier alpha value is -0.170. The molecule has 2 fully saturated rings. The quantitative estimate of drug-likeness (QED) is 0.768. The molecular formula is C10H18O5S. The second kappa shape index (κ2) is 5.00. The first kappa shape index (κ1) is 12.3. The Bertz CT molecular complexity index is 326. The second-order valence-electron chi connectivity index (χ2n) is 4.37. The molecule has 0 aliphatic carbocycles. The lowest BCUT2D eigenvalue weighted by Gasteiger charge is -2.26. The van der Waals surface area contributed by atoms with Gasteiger partial charge in [0.15, 0.2) is 16.1 Å². The average molecular weight is 250 g/mol. The molecule has 0 spiro atoms. The predicted molar refractivity (Wildman–Crippen MR) is 57.7 cm³/mol. The summed E-state index contributed by atoms with van der Waals surface area (Å²) in [7, 11) is -3.06. The lowest BCUT2D eigenvalue weighted by Crippen LogP contribution is -2.39. The molecule has 1 N–H and O–H groups in total. The molecule has 2 rings (SSSR count). The minimum atomic E-state index is -3.06. The van der Waals surface area contributed by atoms with E-state index in [1.807, 2.05) is 0 Å². The molecule has 0 aromatic rings. The van der Waals surface area contributed by atoms with Gasteiger partial charge in [0.25, 0.3) is 0 Å². The monoisotopic (exact) mass is 250 g/mol. The first-order chi connectivity index (χ1) is 7.63. The summed E-state index contributed by atoms with van der Waals surface area (Å²) in [6.45, 7) is 0.426. The molecule has 0 radical (unpaired) electrons. The number of hydrogen-bond acceptors (Lipinski definition) is 5. The molecule has 2 heterocycles. The topological polar surface area (TPSA) is 72.8 Å². The molecule has 2 saturated heterocycles. The van der Waals surface area contributed by atoms with E-state index in [1.165, 1.54) is 0 Å². The minimum absolute atomic E-state index is 0.0398. The zero-order valence-corrected chi connectivity index (χ0v) is 9.99.